The molecular weight excluding hydrogens is 423 g/mol. The van der Waals surface area contributed by atoms with Crippen molar-refractivity contribution in [2.45, 2.75) is 83.8 Å². The lowest BCUT2D eigenvalue weighted by atomic mass is 9.86. The molecule has 0 aromatic carbocycles. The van der Waals surface area contributed by atoms with Gasteiger partial charge in [0.1, 0.15) is 11.2 Å². The van der Waals surface area contributed by atoms with E-state index in [1.54, 1.807) is 41.5 Å². The van der Waals surface area contributed by atoms with Gasteiger partial charge in [-0.3, -0.25) is 4.90 Å². The zero-order valence-corrected chi connectivity index (χ0v) is 19.0. The number of esters is 1. The Bertz CT molecular complexity index is 655. The molecular formula is C19H32F3N3O6. The molecule has 0 spiro atoms. The zero-order valence-electron chi connectivity index (χ0n) is 19.0. The van der Waals surface area contributed by atoms with Gasteiger partial charge in [-0.25, -0.2) is 33.0 Å². The number of amides is 2. The first-order valence-corrected chi connectivity index (χ1v) is 9.80. The van der Waals surface area contributed by atoms with Crippen LogP contribution in [-0.2, 0) is 19.0 Å². The van der Waals surface area contributed by atoms with Gasteiger partial charge in [-0.2, -0.15) is 5.01 Å². The van der Waals surface area contributed by atoms with Crippen LogP contribution in [0.4, 0.5) is 22.8 Å². The molecule has 31 heavy (non-hydrogen) atoms. The van der Waals surface area contributed by atoms with Gasteiger partial charge < -0.3 is 14.2 Å². The lowest BCUT2D eigenvalue weighted by molar-refractivity contribution is -0.164. The van der Waals surface area contributed by atoms with Crippen molar-refractivity contribution in [1.82, 2.24) is 15.3 Å². The number of halogens is 3. The highest BCUT2D eigenvalue weighted by molar-refractivity contribution is 5.87. The third-order valence-electron chi connectivity index (χ3n) is 4.35. The van der Waals surface area contributed by atoms with Crippen molar-refractivity contribution < 1.29 is 41.8 Å². The highest BCUT2D eigenvalue weighted by Gasteiger charge is 2.53. The summed E-state index contributed by atoms with van der Waals surface area (Å²) >= 11 is 0. The molecule has 1 heterocycles. The molecule has 0 bridgehead atoms. The third kappa shape index (κ3) is 7.44. The van der Waals surface area contributed by atoms with Gasteiger partial charge in [-0.05, 0) is 54.4 Å². The van der Waals surface area contributed by atoms with Gasteiger partial charge >= 0.3 is 18.2 Å². The van der Waals surface area contributed by atoms with E-state index < -0.39 is 47.6 Å². The van der Waals surface area contributed by atoms with Crippen LogP contribution < -0.4 is 5.43 Å². The zero-order chi connectivity index (χ0) is 24.2. The van der Waals surface area contributed by atoms with E-state index in [2.05, 4.69) is 5.43 Å². The first-order chi connectivity index (χ1) is 14.0. The first-order valence-electron chi connectivity index (χ1n) is 9.80. The molecule has 2 amide bonds. The second kappa shape index (κ2) is 9.92. The fourth-order valence-electron chi connectivity index (χ4n) is 3.04. The number of ether oxygens (including phenoxy) is 3. The summed E-state index contributed by atoms with van der Waals surface area (Å²) < 4.78 is 54.6. The third-order valence-corrected chi connectivity index (χ3v) is 4.35. The number of hydrogen-bond acceptors (Lipinski definition) is 7. The fourth-order valence-corrected chi connectivity index (χ4v) is 3.04. The average Bonchev–Trinajstić information content (AvgIpc) is 2.62. The number of carbonyl (C=O) groups excluding carboxylic acids is 3. The van der Waals surface area contributed by atoms with Crippen LogP contribution in [0.1, 0.15) is 54.4 Å². The number of hydrogen-bond donors (Lipinski definition) is 1. The monoisotopic (exact) mass is 455 g/mol. The molecule has 1 unspecified atom stereocenters. The Morgan fingerprint density at radius 1 is 0.968 bits per heavy atom. The van der Waals surface area contributed by atoms with Gasteiger partial charge in [0.05, 0.1) is 7.11 Å². The molecule has 1 saturated heterocycles. The number of carbonyl (C=O) groups is 3. The molecule has 12 heteroatoms. The maximum absolute atomic E-state index is 13.8. The van der Waals surface area contributed by atoms with E-state index >= 15 is 0 Å². The lowest BCUT2D eigenvalue weighted by Crippen LogP contribution is -2.68. The molecule has 1 fully saturated rings. The molecule has 180 valence electrons. The number of nitrogens with one attached hydrogen (secondary N) is 1. The topological polar surface area (TPSA) is 97.4 Å². The molecule has 1 aliphatic heterocycles. The molecule has 0 saturated carbocycles. The van der Waals surface area contributed by atoms with Crippen molar-refractivity contribution in [3.8, 4) is 0 Å². The van der Waals surface area contributed by atoms with Gasteiger partial charge in [-0.1, -0.05) is 0 Å². The Balaban J connectivity index is 3.28. The summed E-state index contributed by atoms with van der Waals surface area (Å²) in [5.74, 6) is -0.915. The molecule has 1 N–H and O–H groups in total. The fraction of sp³-hybridized carbons (Fsp3) is 0.842. The summed E-state index contributed by atoms with van der Waals surface area (Å²) in [7, 11) is 1.08. The minimum absolute atomic E-state index is 0.290. The second-order valence-corrected chi connectivity index (χ2v) is 9.20. The van der Waals surface area contributed by atoms with Crippen LogP contribution in [0.25, 0.3) is 0 Å². The van der Waals surface area contributed by atoms with E-state index in [0.717, 1.165) is 12.0 Å². The largest absolute Gasteiger partial charge is 0.467 e. The molecule has 1 rings (SSSR count). The molecule has 1 aliphatic rings. The Morgan fingerprint density at radius 3 is 1.84 bits per heavy atom. The van der Waals surface area contributed by atoms with Gasteiger partial charge in [0.15, 0.2) is 5.54 Å². The van der Waals surface area contributed by atoms with Crippen LogP contribution in [-0.4, -0.2) is 77.7 Å². The highest BCUT2D eigenvalue weighted by atomic mass is 19.3. The summed E-state index contributed by atoms with van der Waals surface area (Å²) in [6.45, 7) is 8.97. The van der Waals surface area contributed by atoms with E-state index in [9.17, 15) is 27.6 Å². The Labute approximate surface area is 180 Å². The standard InChI is InChI=1S/C19H32F3N3O6/c1-17(2,3)30-15(27)23-25(16(28)31-18(4,5)6)19(14(26)29-7)8-10-24(11-9-19)13(22)12(20)21/h12-13H,8-11H2,1-7H3,(H,23,27). The number of likely N-dealkylation sites (tertiary alicyclic amines) is 1. The van der Waals surface area contributed by atoms with E-state index in [1.807, 2.05) is 0 Å². The molecule has 0 aromatic rings. The number of piperidine rings is 1. The number of nitrogens with zero attached hydrogens (tertiary/aromatic N) is 2. The predicted octanol–water partition coefficient (Wildman–Crippen LogP) is 3.23. The molecule has 0 aliphatic carbocycles. The van der Waals surface area contributed by atoms with Crippen LogP contribution in [0.15, 0.2) is 0 Å². The summed E-state index contributed by atoms with van der Waals surface area (Å²) in [6.07, 6.45) is -8.45. The average molecular weight is 455 g/mol. The number of alkyl halides is 3. The summed E-state index contributed by atoms with van der Waals surface area (Å²) in [4.78, 5) is 38.9. The maximum atomic E-state index is 13.8. The van der Waals surface area contributed by atoms with Crippen LogP contribution in [0.3, 0.4) is 0 Å². The van der Waals surface area contributed by atoms with Gasteiger partial charge in [0.25, 0.3) is 6.43 Å². The first kappa shape index (κ1) is 26.8. The number of hydrazine groups is 1. The van der Waals surface area contributed by atoms with Crippen LogP contribution in [0.2, 0.25) is 0 Å². The Kier molecular flexibility index (Phi) is 8.58. The molecule has 0 aromatic heterocycles. The summed E-state index contributed by atoms with van der Waals surface area (Å²) in [6, 6.07) is 0. The molecule has 9 nitrogen and oxygen atoms in total. The van der Waals surface area contributed by atoms with E-state index in [0.29, 0.717) is 5.01 Å². The minimum Gasteiger partial charge on any atom is -0.467 e. The quantitative estimate of drug-likeness (QED) is 0.301. The molecule has 1 atom stereocenters. The maximum Gasteiger partial charge on any atom is 0.430 e. The Morgan fingerprint density at radius 2 is 1.45 bits per heavy atom. The van der Waals surface area contributed by atoms with Crippen molar-refractivity contribution >= 4 is 18.2 Å². The van der Waals surface area contributed by atoms with Crippen molar-refractivity contribution in [2.75, 3.05) is 20.2 Å². The van der Waals surface area contributed by atoms with Crippen molar-refractivity contribution in [3.63, 3.8) is 0 Å². The Hall–Kier alpha value is -2.24. The highest BCUT2D eigenvalue weighted by Crippen LogP contribution is 2.33. The molecule has 0 radical (unpaired) electrons. The number of rotatable bonds is 4. The van der Waals surface area contributed by atoms with Gasteiger partial charge in [-0.15, -0.1) is 0 Å². The normalized spacial score (nSPS) is 18.2. The number of methoxy groups -OCH3 is 1. The van der Waals surface area contributed by atoms with Crippen LogP contribution in [0, 0.1) is 0 Å². The minimum atomic E-state index is -3.23. The van der Waals surface area contributed by atoms with Crippen LogP contribution >= 0.6 is 0 Å². The van der Waals surface area contributed by atoms with Gasteiger partial charge in [0, 0.05) is 13.1 Å². The van der Waals surface area contributed by atoms with Gasteiger partial charge in [0.2, 0.25) is 6.30 Å². The van der Waals surface area contributed by atoms with Crippen molar-refractivity contribution in [3.05, 3.63) is 0 Å². The predicted molar refractivity (Wildman–Crippen MR) is 104 cm³/mol. The summed E-state index contributed by atoms with van der Waals surface area (Å²) in [5, 5.41) is 0.658. The van der Waals surface area contributed by atoms with E-state index in [4.69, 9.17) is 14.2 Å². The smallest absolute Gasteiger partial charge is 0.430 e. The second-order valence-electron chi connectivity index (χ2n) is 9.20. The van der Waals surface area contributed by atoms with Crippen molar-refractivity contribution in [1.29, 1.82) is 0 Å². The van der Waals surface area contributed by atoms with E-state index in [-0.39, 0.29) is 25.9 Å². The van der Waals surface area contributed by atoms with E-state index in [1.165, 1.54) is 0 Å². The SMILES string of the molecule is COC(=O)C1(N(NC(=O)OC(C)(C)C)C(=O)OC(C)(C)C)CCN(C(F)C(F)F)CC1. The lowest BCUT2D eigenvalue weighted by Gasteiger charge is -2.46. The summed E-state index contributed by atoms with van der Waals surface area (Å²) in [5.41, 5.74) is -1.48. The van der Waals surface area contributed by atoms with Crippen LogP contribution in [0.5, 0.6) is 0 Å². The van der Waals surface area contributed by atoms with Crippen molar-refractivity contribution in [2.24, 2.45) is 0 Å².